The van der Waals surface area contributed by atoms with Crippen molar-refractivity contribution in [1.82, 2.24) is 4.98 Å². The van der Waals surface area contributed by atoms with Crippen LogP contribution < -0.4 is 4.74 Å². The highest BCUT2D eigenvalue weighted by Gasteiger charge is 2.38. The molecule has 0 radical (unpaired) electrons. The van der Waals surface area contributed by atoms with E-state index in [0.29, 0.717) is 11.5 Å². The first-order valence-electron chi connectivity index (χ1n) is 6.05. The largest absolute Gasteiger partial charge is 0.477 e. The summed E-state index contributed by atoms with van der Waals surface area (Å²) in [5.74, 6) is 0.974. The summed E-state index contributed by atoms with van der Waals surface area (Å²) in [7, 11) is 0. The van der Waals surface area contributed by atoms with Crippen LogP contribution in [-0.4, -0.2) is 49.8 Å². The molecular formula is C13H15NO4S. The fraction of sp³-hybridized carbons (Fsp3) is 0.385. The maximum atomic E-state index is 9.88. The number of rotatable bonds is 2. The average molecular weight is 281 g/mol. The van der Waals surface area contributed by atoms with Crippen molar-refractivity contribution in [3.05, 3.63) is 30.5 Å². The van der Waals surface area contributed by atoms with Crippen LogP contribution in [0.1, 0.15) is 0 Å². The molecule has 1 saturated heterocycles. The molecule has 0 aliphatic carbocycles. The zero-order valence-electron chi connectivity index (χ0n) is 10.1. The van der Waals surface area contributed by atoms with E-state index in [4.69, 9.17) is 4.74 Å². The van der Waals surface area contributed by atoms with Crippen LogP contribution in [0, 0.1) is 0 Å². The number of benzene rings is 1. The lowest BCUT2D eigenvalue weighted by atomic mass is 10.1. The average Bonchev–Trinajstić information content (AvgIpc) is 2.87. The number of aromatic nitrogens is 1. The van der Waals surface area contributed by atoms with Gasteiger partial charge in [-0.3, -0.25) is 0 Å². The van der Waals surface area contributed by atoms with Crippen molar-refractivity contribution >= 4 is 22.7 Å². The fourth-order valence-corrected chi connectivity index (χ4v) is 3.24. The van der Waals surface area contributed by atoms with Crippen molar-refractivity contribution in [3.8, 4) is 5.75 Å². The number of aliphatic hydroxyl groups excluding tert-OH is 3. The first-order valence-corrected chi connectivity index (χ1v) is 7.09. The van der Waals surface area contributed by atoms with E-state index < -0.39 is 23.7 Å². The van der Waals surface area contributed by atoms with Gasteiger partial charge in [0, 0.05) is 22.9 Å². The number of fused-ring (bicyclic) bond motifs is 1. The van der Waals surface area contributed by atoms with Crippen molar-refractivity contribution in [2.24, 2.45) is 0 Å². The van der Waals surface area contributed by atoms with Crippen LogP contribution >= 0.6 is 11.8 Å². The van der Waals surface area contributed by atoms with Crippen LogP contribution in [0.4, 0.5) is 0 Å². The summed E-state index contributed by atoms with van der Waals surface area (Å²) in [6, 6.07) is 7.51. The van der Waals surface area contributed by atoms with Gasteiger partial charge in [-0.05, 0) is 24.3 Å². The van der Waals surface area contributed by atoms with E-state index in [-0.39, 0.29) is 0 Å². The van der Waals surface area contributed by atoms with Gasteiger partial charge in [0.25, 0.3) is 0 Å². The monoisotopic (exact) mass is 281 g/mol. The zero-order valence-corrected chi connectivity index (χ0v) is 10.9. The van der Waals surface area contributed by atoms with Gasteiger partial charge in [0.2, 0.25) is 0 Å². The molecule has 1 fully saturated rings. The Balaban J connectivity index is 1.77. The van der Waals surface area contributed by atoms with E-state index in [0.717, 1.165) is 10.9 Å². The summed E-state index contributed by atoms with van der Waals surface area (Å²) in [5.41, 5.74) is 0.439. The maximum Gasteiger partial charge on any atom is 0.173 e. The number of aromatic amines is 1. The minimum Gasteiger partial charge on any atom is -0.477 e. The molecule has 1 aromatic carbocycles. The van der Waals surface area contributed by atoms with Crippen LogP contribution in [0.25, 0.3) is 10.9 Å². The highest BCUT2D eigenvalue weighted by atomic mass is 32.2. The second-order valence-electron chi connectivity index (χ2n) is 4.59. The van der Waals surface area contributed by atoms with Gasteiger partial charge in [0.1, 0.15) is 18.0 Å². The Labute approximate surface area is 114 Å². The molecule has 0 bridgehead atoms. The van der Waals surface area contributed by atoms with Crippen molar-refractivity contribution < 1.29 is 20.1 Å². The Morgan fingerprint density at radius 1 is 1.16 bits per heavy atom. The van der Waals surface area contributed by atoms with Crippen molar-refractivity contribution in [1.29, 1.82) is 0 Å². The summed E-state index contributed by atoms with van der Waals surface area (Å²) < 4.78 is 5.69. The Morgan fingerprint density at radius 3 is 2.84 bits per heavy atom. The second-order valence-corrected chi connectivity index (χ2v) is 5.73. The van der Waals surface area contributed by atoms with Gasteiger partial charge in [0.15, 0.2) is 5.44 Å². The minimum atomic E-state index is -1.16. The maximum absolute atomic E-state index is 9.88. The first-order chi connectivity index (χ1) is 9.15. The number of nitrogens with one attached hydrogen (secondary N) is 1. The lowest BCUT2D eigenvalue weighted by Gasteiger charge is -2.34. The Bertz CT molecular complexity index is 573. The molecule has 2 heterocycles. The smallest absolute Gasteiger partial charge is 0.173 e. The first kappa shape index (κ1) is 12.8. The van der Waals surface area contributed by atoms with Gasteiger partial charge in [-0.15, -0.1) is 11.8 Å². The predicted molar refractivity (Wildman–Crippen MR) is 73.2 cm³/mol. The highest BCUT2D eigenvalue weighted by molar-refractivity contribution is 7.99. The molecule has 102 valence electrons. The molecule has 6 heteroatoms. The predicted octanol–water partition coefficient (Wildman–Crippen LogP) is 0.702. The van der Waals surface area contributed by atoms with Gasteiger partial charge in [-0.25, -0.2) is 0 Å². The van der Waals surface area contributed by atoms with Crippen LogP contribution in [0.3, 0.4) is 0 Å². The standard InChI is InChI=1S/C13H15NO4S/c15-10-6-19-13(12(17)11(10)16)18-8-1-2-9-7(5-8)3-4-14-9/h1-5,10-17H,6H2/t10-,11+,12-,13-/m1/s1. The van der Waals surface area contributed by atoms with E-state index in [1.165, 1.54) is 11.8 Å². The van der Waals surface area contributed by atoms with E-state index in [9.17, 15) is 15.3 Å². The SMILES string of the molecule is O[C@@H]1[C@@H](O)[C@H](Oc2ccc3[nH]ccc3c2)SC[C@H]1O. The number of H-pyrrole nitrogens is 1. The summed E-state index contributed by atoms with van der Waals surface area (Å²) >= 11 is 1.30. The van der Waals surface area contributed by atoms with Crippen LogP contribution in [-0.2, 0) is 0 Å². The number of hydrogen-bond donors (Lipinski definition) is 4. The molecule has 3 rings (SSSR count). The summed E-state index contributed by atoms with van der Waals surface area (Å²) in [4.78, 5) is 3.09. The van der Waals surface area contributed by atoms with Gasteiger partial charge >= 0.3 is 0 Å². The quantitative estimate of drug-likeness (QED) is 0.651. The van der Waals surface area contributed by atoms with Gasteiger partial charge in [-0.2, -0.15) is 0 Å². The molecule has 0 unspecified atom stereocenters. The molecule has 19 heavy (non-hydrogen) atoms. The molecule has 1 aliphatic heterocycles. The van der Waals surface area contributed by atoms with Gasteiger partial charge < -0.3 is 25.0 Å². The molecule has 0 amide bonds. The molecule has 1 aromatic heterocycles. The molecule has 5 nitrogen and oxygen atoms in total. The van der Waals surface area contributed by atoms with E-state index in [2.05, 4.69) is 4.98 Å². The lowest BCUT2D eigenvalue weighted by molar-refractivity contribution is -0.0785. The van der Waals surface area contributed by atoms with Crippen LogP contribution in [0.15, 0.2) is 30.5 Å². The number of thioether (sulfide) groups is 1. The molecular weight excluding hydrogens is 266 g/mol. The van der Waals surface area contributed by atoms with Crippen LogP contribution in [0.5, 0.6) is 5.75 Å². The number of hydrogen-bond acceptors (Lipinski definition) is 5. The molecule has 4 N–H and O–H groups in total. The minimum absolute atomic E-state index is 0.343. The Kier molecular flexibility index (Phi) is 3.40. The van der Waals surface area contributed by atoms with E-state index in [1.54, 1.807) is 0 Å². The van der Waals surface area contributed by atoms with Crippen molar-refractivity contribution in [3.63, 3.8) is 0 Å². The molecule has 4 atom stereocenters. The summed E-state index contributed by atoms with van der Waals surface area (Å²) in [6.07, 6.45) is -1.33. The van der Waals surface area contributed by atoms with Crippen molar-refractivity contribution in [2.45, 2.75) is 23.7 Å². The van der Waals surface area contributed by atoms with Gasteiger partial charge in [0.05, 0.1) is 6.10 Å². The fourth-order valence-electron chi connectivity index (χ4n) is 2.12. The zero-order chi connectivity index (χ0) is 13.4. The number of ether oxygens (including phenoxy) is 1. The molecule has 0 saturated carbocycles. The molecule has 2 aromatic rings. The lowest BCUT2D eigenvalue weighted by Crippen LogP contribution is -2.50. The number of aliphatic hydroxyl groups is 3. The third-order valence-corrected chi connectivity index (χ3v) is 4.47. The van der Waals surface area contributed by atoms with Crippen LogP contribution in [0.2, 0.25) is 0 Å². The van der Waals surface area contributed by atoms with Crippen molar-refractivity contribution in [2.75, 3.05) is 5.75 Å². The topological polar surface area (TPSA) is 85.7 Å². The highest BCUT2D eigenvalue weighted by Crippen LogP contribution is 2.30. The third-order valence-electron chi connectivity index (χ3n) is 3.23. The second kappa shape index (κ2) is 5.05. The third kappa shape index (κ3) is 2.44. The normalized spacial score (nSPS) is 31.5. The van der Waals surface area contributed by atoms with E-state index >= 15 is 0 Å². The Hall–Kier alpha value is -1.21. The van der Waals surface area contributed by atoms with E-state index in [1.807, 2.05) is 30.5 Å². The summed E-state index contributed by atoms with van der Waals surface area (Å²) in [6.45, 7) is 0. The molecule has 0 spiro atoms. The Morgan fingerprint density at radius 2 is 2.00 bits per heavy atom. The molecule has 1 aliphatic rings. The van der Waals surface area contributed by atoms with Gasteiger partial charge in [-0.1, -0.05) is 0 Å². The summed E-state index contributed by atoms with van der Waals surface area (Å²) in [5, 5.41) is 30.0.